The first-order valence-corrected chi connectivity index (χ1v) is 5.15. The van der Waals surface area contributed by atoms with E-state index in [1.54, 1.807) is 27.7 Å². The summed E-state index contributed by atoms with van der Waals surface area (Å²) in [6.07, 6.45) is -0.592. The van der Waals surface area contributed by atoms with Gasteiger partial charge < -0.3 is 10.1 Å². The number of carbonyl (C=O) groups excluding carboxylic acids is 3. The molecule has 92 valence electrons. The van der Waals surface area contributed by atoms with Gasteiger partial charge in [-0.05, 0) is 27.7 Å². The average molecular weight is 229 g/mol. The molecule has 5 nitrogen and oxygen atoms in total. The number of nitrogens with one attached hydrogen (secondary N) is 1. The van der Waals surface area contributed by atoms with Crippen molar-refractivity contribution in [2.24, 2.45) is 0 Å². The zero-order valence-electron chi connectivity index (χ0n) is 10.4. The van der Waals surface area contributed by atoms with Gasteiger partial charge in [0.25, 0.3) is 0 Å². The second kappa shape index (κ2) is 5.63. The number of carbonyl (C=O) groups is 3. The molecule has 0 aromatic heterocycles. The monoisotopic (exact) mass is 229 g/mol. The quantitative estimate of drug-likeness (QED) is 0.740. The van der Waals surface area contributed by atoms with Crippen LogP contribution in [0.25, 0.3) is 0 Å². The lowest BCUT2D eigenvalue weighted by atomic mass is 10.1. The maximum atomic E-state index is 11.3. The summed E-state index contributed by atoms with van der Waals surface area (Å²) in [6, 6.07) is -0.411. The summed E-state index contributed by atoms with van der Waals surface area (Å²) >= 11 is 0. The van der Waals surface area contributed by atoms with Crippen LogP contribution in [0, 0.1) is 0 Å². The Labute approximate surface area is 95.5 Å². The lowest BCUT2D eigenvalue weighted by molar-refractivity contribution is -0.135. The second-order valence-electron chi connectivity index (χ2n) is 4.73. The molecule has 0 aromatic rings. The van der Waals surface area contributed by atoms with Gasteiger partial charge in [0.2, 0.25) is 0 Å². The number of rotatable bonds is 4. The summed E-state index contributed by atoms with van der Waals surface area (Å²) in [5, 5.41) is 2.49. The molecular formula is C11H19NO4. The fourth-order valence-electron chi connectivity index (χ4n) is 0.982. The van der Waals surface area contributed by atoms with Crippen LogP contribution in [-0.2, 0) is 14.3 Å². The van der Waals surface area contributed by atoms with E-state index in [4.69, 9.17) is 4.74 Å². The molecule has 1 unspecified atom stereocenters. The minimum Gasteiger partial charge on any atom is -0.444 e. The Hall–Kier alpha value is -1.39. The number of Topliss-reactive ketones (excluding diaryl/α,β-unsaturated/α-hetero) is 2. The van der Waals surface area contributed by atoms with E-state index >= 15 is 0 Å². The van der Waals surface area contributed by atoms with Crippen molar-refractivity contribution in [3.05, 3.63) is 0 Å². The molecule has 0 heterocycles. The van der Waals surface area contributed by atoms with E-state index < -0.39 is 29.3 Å². The summed E-state index contributed by atoms with van der Waals surface area (Å²) in [5.41, 5.74) is -0.575. The third-order valence-electron chi connectivity index (χ3n) is 1.65. The van der Waals surface area contributed by atoms with E-state index in [1.807, 2.05) is 0 Å². The molecular weight excluding hydrogens is 210 g/mol. The fourth-order valence-corrected chi connectivity index (χ4v) is 0.982. The van der Waals surface area contributed by atoms with E-state index in [0.717, 1.165) is 0 Å². The Bertz CT molecular complexity index is 291. The van der Waals surface area contributed by atoms with Crippen LogP contribution in [0.3, 0.4) is 0 Å². The van der Waals surface area contributed by atoms with Crippen molar-refractivity contribution in [2.45, 2.75) is 52.7 Å². The largest absolute Gasteiger partial charge is 0.444 e. The van der Waals surface area contributed by atoms with Crippen molar-refractivity contribution in [2.75, 3.05) is 0 Å². The average Bonchev–Trinajstić information content (AvgIpc) is 1.98. The standard InChI is InChI=1S/C11H19NO4/c1-7(6-9(14)8(2)13)12-10(15)16-11(3,4)5/h7H,6H2,1-5H3,(H,12,15). The zero-order chi connectivity index (χ0) is 12.9. The van der Waals surface area contributed by atoms with Crippen LogP contribution >= 0.6 is 0 Å². The summed E-state index contributed by atoms with van der Waals surface area (Å²) < 4.78 is 5.00. The van der Waals surface area contributed by atoms with Gasteiger partial charge in [-0.25, -0.2) is 4.79 Å². The van der Waals surface area contributed by atoms with Gasteiger partial charge >= 0.3 is 6.09 Å². The van der Waals surface area contributed by atoms with Gasteiger partial charge in [0.05, 0.1) is 0 Å². The van der Waals surface area contributed by atoms with Crippen LogP contribution in [0.15, 0.2) is 0 Å². The molecule has 0 fully saturated rings. The molecule has 0 spiro atoms. The van der Waals surface area contributed by atoms with Crippen molar-refractivity contribution >= 4 is 17.7 Å². The van der Waals surface area contributed by atoms with Crippen molar-refractivity contribution in [3.8, 4) is 0 Å². The molecule has 0 saturated carbocycles. The maximum absolute atomic E-state index is 11.3. The molecule has 0 bridgehead atoms. The van der Waals surface area contributed by atoms with Crippen molar-refractivity contribution in [1.82, 2.24) is 5.32 Å². The van der Waals surface area contributed by atoms with Gasteiger partial charge in [-0.3, -0.25) is 9.59 Å². The Morgan fingerprint density at radius 2 is 1.75 bits per heavy atom. The highest BCUT2D eigenvalue weighted by molar-refractivity contribution is 6.36. The number of ether oxygens (including phenoxy) is 1. The SMILES string of the molecule is CC(=O)C(=O)CC(C)NC(=O)OC(C)(C)C. The molecule has 0 rings (SSSR count). The summed E-state index contributed by atoms with van der Waals surface area (Å²) in [4.78, 5) is 33.1. The van der Waals surface area contributed by atoms with Gasteiger partial charge in [-0.1, -0.05) is 0 Å². The van der Waals surface area contributed by atoms with E-state index in [2.05, 4.69) is 5.32 Å². The van der Waals surface area contributed by atoms with Gasteiger partial charge in [0.1, 0.15) is 5.60 Å². The lowest BCUT2D eigenvalue weighted by Crippen LogP contribution is -2.39. The minimum atomic E-state index is -0.587. The first-order chi connectivity index (χ1) is 7.11. The summed E-state index contributed by atoms with van der Waals surface area (Å²) in [5.74, 6) is -0.999. The first-order valence-electron chi connectivity index (χ1n) is 5.15. The van der Waals surface area contributed by atoms with Crippen molar-refractivity contribution in [3.63, 3.8) is 0 Å². The predicted octanol–water partition coefficient (Wildman–Crippen LogP) is 1.45. The third-order valence-corrected chi connectivity index (χ3v) is 1.65. The molecule has 1 N–H and O–H groups in total. The van der Waals surface area contributed by atoms with E-state index in [9.17, 15) is 14.4 Å². The van der Waals surface area contributed by atoms with E-state index in [1.165, 1.54) is 6.92 Å². The first kappa shape index (κ1) is 14.6. The van der Waals surface area contributed by atoms with E-state index in [-0.39, 0.29) is 6.42 Å². The van der Waals surface area contributed by atoms with Gasteiger partial charge in [-0.2, -0.15) is 0 Å². The van der Waals surface area contributed by atoms with Gasteiger partial charge in [0, 0.05) is 19.4 Å². The molecule has 5 heteroatoms. The minimum absolute atomic E-state index is 0.00538. The summed E-state index contributed by atoms with van der Waals surface area (Å²) in [7, 11) is 0. The molecule has 0 saturated heterocycles. The topological polar surface area (TPSA) is 72.5 Å². The normalized spacial score (nSPS) is 12.8. The Morgan fingerprint density at radius 1 is 1.25 bits per heavy atom. The Balaban J connectivity index is 4.06. The number of ketones is 2. The van der Waals surface area contributed by atoms with Crippen LogP contribution < -0.4 is 5.32 Å². The molecule has 0 aliphatic heterocycles. The molecule has 0 aliphatic carbocycles. The summed E-state index contributed by atoms with van der Waals surface area (Å²) in [6.45, 7) is 8.10. The molecule has 1 amide bonds. The fraction of sp³-hybridized carbons (Fsp3) is 0.727. The van der Waals surface area contributed by atoms with Crippen LogP contribution in [0.2, 0.25) is 0 Å². The zero-order valence-corrected chi connectivity index (χ0v) is 10.4. The highest BCUT2D eigenvalue weighted by Gasteiger charge is 2.19. The van der Waals surface area contributed by atoms with Crippen LogP contribution in [0.4, 0.5) is 4.79 Å². The van der Waals surface area contributed by atoms with Crippen molar-refractivity contribution in [1.29, 1.82) is 0 Å². The van der Waals surface area contributed by atoms with Gasteiger partial charge in [0.15, 0.2) is 11.6 Å². The van der Waals surface area contributed by atoms with Gasteiger partial charge in [-0.15, -0.1) is 0 Å². The molecule has 0 radical (unpaired) electrons. The Morgan fingerprint density at radius 3 is 2.12 bits per heavy atom. The van der Waals surface area contributed by atoms with Crippen molar-refractivity contribution < 1.29 is 19.1 Å². The Kier molecular flexibility index (Phi) is 5.14. The van der Waals surface area contributed by atoms with Crippen LogP contribution in [0.1, 0.15) is 41.0 Å². The molecule has 1 atom stereocenters. The smallest absolute Gasteiger partial charge is 0.407 e. The lowest BCUT2D eigenvalue weighted by Gasteiger charge is -2.21. The molecule has 0 aliphatic rings. The van der Waals surface area contributed by atoms with E-state index in [0.29, 0.717) is 0 Å². The molecule has 16 heavy (non-hydrogen) atoms. The predicted molar refractivity (Wildman–Crippen MR) is 59.1 cm³/mol. The highest BCUT2D eigenvalue weighted by atomic mass is 16.6. The maximum Gasteiger partial charge on any atom is 0.407 e. The van der Waals surface area contributed by atoms with Crippen LogP contribution in [-0.4, -0.2) is 29.3 Å². The number of hydrogen-bond donors (Lipinski definition) is 1. The number of amides is 1. The second-order valence-corrected chi connectivity index (χ2v) is 4.73. The number of hydrogen-bond acceptors (Lipinski definition) is 4. The number of alkyl carbamates (subject to hydrolysis) is 1. The third kappa shape index (κ3) is 6.98. The molecule has 0 aromatic carbocycles. The highest BCUT2D eigenvalue weighted by Crippen LogP contribution is 2.07. The van der Waals surface area contributed by atoms with Crippen LogP contribution in [0.5, 0.6) is 0 Å².